The highest BCUT2D eigenvalue weighted by Crippen LogP contribution is 2.31. The van der Waals surface area contributed by atoms with Crippen LogP contribution < -0.4 is 0 Å². The van der Waals surface area contributed by atoms with E-state index in [-0.39, 0.29) is 5.78 Å². The van der Waals surface area contributed by atoms with E-state index in [1.54, 1.807) is 11.3 Å². The molecule has 110 valence electrons. The summed E-state index contributed by atoms with van der Waals surface area (Å²) in [6.07, 6.45) is 5.90. The Bertz CT molecular complexity index is 611. The van der Waals surface area contributed by atoms with Crippen molar-refractivity contribution in [2.24, 2.45) is 5.92 Å². The van der Waals surface area contributed by atoms with Crippen LogP contribution in [0, 0.1) is 5.92 Å². The molecule has 0 saturated carbocycles. The zero-order chi connectivity index (χ0) is 14.8. The van der Waals surface area contributed by atoms with Gasteiger partial charge in [-0.15, -0.1) is 11.3 Å². The summed E-state index contributed by atoms with van der Waals surface area (Å²) in [7, 11) is 0. The van der Waals surface area contributed by atoms with E-state index in [9.17, 15) is 4.79 Å². The molecule has 0 unspecified atom stereocenters. The van der Waals surface area contributed by atoms with Crippen molar-refractivity contribution < 1.29 is 4.79 Å². The van der Waals surface area contributed by atoms with Crippen molar-refractivity contribution in [1.82, 2.24) is 0 Å². The fraction of sp³-hybridized carbons (Fsp3) is 0.421. The first-order valence-corrected chi connectivity index (χ1v) is 8.70. The van der Waals surface area contributed by atoms with Crippen LogP contribution in [0.1, 0.15) is 57.9 Å². The largest absolute Gasteiger partial charge is 0.288 e. The van der Waals surface area contributed by atoms with Crippen molar-refractivity contribution in [3.8, 4) is 0 Å². The molecule has 0 atom stereocenters. The van der Waals surface area contributed by atoms with E-state index >= 15 is 0 Å². The Hall–Kier alpha value is -1.41. The summed E-state index contributed by atoms with van der Waals surface area (Å²) in [6.45, 7) is 4.43. The van der Waals surface area contributed by atoms with Crippen LogP contribution in [0.15, 0.2) is 30.3 Å². The third kappa shape index (κ3) is 3.26. The second-order valence-electron chi connectivity index (χ2n) is 6.39. The zero-order valence-corrected chi connectivity index (χ0v) is 13.6. The number of rotatable bonds is 4. The van der Waals surface area contributed by atoms with Gasteiger partial charge in [-0.2, -0.15) is 0 Å². The second-order valence-corrected chi connectivity index (χ2v) is 7.53. The quantitative estimate of drug-likeness (QED) is 0.721. The first kappa shape index (κ1) is 14.5. The molecule has 3 rings (SSSR count). The molecule has 0 bridgehead atoms. The third-order valence-electron chi connectivity index (χ3n) is 4.08. The maximum atomic E-state index is 12.6. The SMILES string of the molecule is CC(C)Cc1ccc(C(=O)c2cc3c(s2)CCCC3)cc1. The molecule has 1 aromatic heterocycles. The standard InChI is InChI=1S/C19H22OS/c1-13(2)11-14-7-9-15(10-8-14)19(20)18-12-16-5-3-4-6-17(16)21-18/h7-10,12-13H,3-6,11H2,1-2H3. The Labute approximate surface area is 131 Å². The monoisotopic (exact) mass is 298 g/mol. The highest BCUT2D eigenvalue weighted by molar-refractivity contribution is 7.14. The molecular weight excluding hydrogens is 276 g/mol. The number of ketones is 1. The lowest BCUT2D eigenvalue weighted by atomic mass is 9.98. The molecule has 1 aromatic carbocycles. The van der Waals surface area contributed by atoms with Gasteiger partial charge < -0.3 is 0 Å². The van der Waals surface area contributed by atoms with Crippen LogP contribution in [0.2, 0.25) is 0 Å². The van der Waals surface area contributed by atoms with Crippen LogP contribution in [-0.4, -0.2) is 5.78 Å². The minimum Gasteiger partial charge on any atom is -0.288 e. The van der Waals surface area contributed by atoms with Gasteiger partial charge in [-0.3, -0.25) is 4.79 Å². The van der Waals surface area contributed by atoms with Crippen LogP contribution >= 0.6 is 11.3 Å². The molecule has 1 nitrogen and oxygen atoms in total. The van der Waals surface area contributed by atoms with E-state index in [1.807, 2.05) is 12.1 Å². The summed E-state index contributed by atoms with van der Waals surface area (Å²) < 4.78 is 0. The number of hydrogen-bond donors (Lipinski definition) is 0. The minimum absolute atomic E-state index is 0.186. The van der Waals surface area contributed by atoms with Crippen molar-refractivity contribution in [2.45, 2.75) is 46.0 Å². The van der Waals surface area contributed by atoms with Crippen LogP contribution in [0.4, 0.5) is 0 Å². The van der Waals surface area contributed by atoms with Crippen LogP contribution in [0.25, 0.3) is 0 Å². The summed E-state index contributed by atoms with van der Waals surface area (Å²) in [6, 6.07) is 10.3. The molecule has 2 heteroatoms. The van der Waals surface area contributed by atoms with E-state index in [4.69, 9.17) is 0 Å². The number of thiophene rings is 1. The topological polar surface area (TPSA) is 17.1 Å². The van der Waals surface area contributed by atoms with Gasteiger partial charge in [0.15, 0.2) is 0 Å². The highest BCUT2D eigenvalue weighted by atomic mass is 32.1. The Morgan fingerprint density at radius 1 is 1.14 bits per heavy atom. The molecule has 1 aliphatic carbocycles. The van der Waals surface area contributed by atoms with Gasteiger partial charge in [0, 0.05) is 10.4 Å². The number of aryl methyl sites for hydroxylation is 2. The molecule has 0 N–H and O–H groups in total. The normalized spacial score (nSPS) is 14.2. The lowest BCUT2D eigenvalue weighted by Gasteiger charge is -2.08. The number of benzene rings is 1. The molecule has 0 spiro atoms. The van der Waals surface area contributed by atoms with Crippen molar-refractivity contribution in [3.05, 3.63) is 56.8 Å². The molecule has 1 heterocycles. The summed E-state index contributed by atoms with van der Waals surface area (Å²) in [5.74, 6) is 0.834. The zero-order valence-electron chi connectivity index (χ0n) is 12.8. The number of carbonyl (C=O) groups excluding carboxylic acids is 1. The lowest BCUT2D eigenvalue weighted by Crippen LogP contribution is -2.00. The van der Waals surface area contributed by atoms with Gasteiger partial charge >= 0.3 is 0 Å². The molecule has 0 fully saturated rings. The second kappa shape index (κ2) is 6.15. The Balaban J connectivity index is 1.79. The summed E-state index contributed by atoms with van der Waals surface area (Å²) in [5, 5.41) is 0. The first-order valence-electron chi connectivity index (χ1n) is 7.88. The molecule has 21 heavy (non-hydrogen) atoms. The van der Waals surface area contributed by atoms with Gasteiger partial charge in [0.2, 0.25) is 5.78 Å². The summed E-state index contributed by atoms with van der Waals surface area (Å²) in [5.41, 5.74) is 3.54. The Morgan fingerprint density at radius 3 is 2.52 bits per heavy atom. The molecule has 1 aliphatic rings. The maximum Gasteiger partial charge on any atom is 0.202 e. The average Bonchev–Trinajstić information content (AvgIpc) is 2.90. The van der Waals surface area contributed by atoms with E-state index in [0.717, 1.165) is 29.7 Å². The fourth-order valence-electron chi connectivity index (χ4n) is 3.01. The first-order chi connectivity index (χ1) is 10.1. The molecular formula is C19H22OS. The van der Waals surface area contributed by atoms with Gasteiger partial charge in [-0.05, 0) is 55.2 Å². The van der Waals surface area contributed by atoms with Crippen LogP contribution in [0.3, 0.4) is 0 Å². The van der Waals surface area contributed by atoms with Crippen molar-refractivity contribution in [1.29, 1.82) is 0 Å². The molecule has 2 aromatic rings. The van der Waals surface area contributed by atoms with E-state index in [0.29, 0.717) is 5.92 Å². The van der Waals surface area contributed by atoms with E-state index in [1.165, 1.54) is 28.8 Å². The number of fused-ring (bicyclic) bond motifs is 1. The number of hydrogen-bond acceptors (Lipinski definition) is 2. The number of carbonyl (C=O) groups is 1. The van der Waals surface area contributed by atoms with Gasteiger partial charge in [0.1, 0.15) is 0 Å². The predicted octanol–water partition coefficient (Wildman–Crippen LogP) is 5.06. The van der Waals surface area contributed by atoms with Gasteiger partial charge in [0.05, 0.1) is 4.88 Å². The smallest absolute Gasteiger partial charge is 0.202 e. The van der Waals surface area contributed by atoms with Crippen molar-refractivity contribution in [3.63, 3.8) is 0 Å². The molecule has 0 amide bonds. The van der Waals surface area contributed by atoms with E-state index in [2.05, 4.69) is 32.0 Å². The van der Waals surface area contributed by atoms with Crippen LogP contribution in [0.5, 0.6) is 0 Å². The van der Waals surface area contributed by atoms with E-state index < -0.39 is 0 Å². The Morgan fingerprint density at radius 2 is 1.86 bits per heavy atom. The third-order valence-corrected chi connectivity index (χ3v) is 5.32. The fourth-order valence-corrected chi connectivity index (χ4v) is 4.22. The molecule has 0 radical (unpaired) electrons. The van der Waals surface area contributed by atoms with Gasteiger partial charge in [-0.1, -0.05) is 38.1 Å². The van der Waals surface area contributed by atoms with Gasteiger partial charge in [0.25, 0.3) is 0 Å². The lowest BCUT2D eigenvalue weighted by molar-refractivity contribution is 0.104. The highest BCUT2D eigenvalue weighted by Gasteiger charge is 2.18. The molecule has 0 saturated heterocycles. The predicted molar refractivity (Wildman–Crippen MR) is 89.4 cm³/mol. The molecule has 0 aliphatic heterocycles. The summed E-state index contributed by atoms with van der Waals surface area (Å²) >= 11 is 1.70. The van der Waals surface area contributed by atoms with Crippen LogP contribution in [-0.2, 0) is 19.3 Å². The summed E-state index contributed by atoms with van der Waals surface area (Å²) in [4.78, 5) is 15.0. The minimum atomic E-state index is 0.186. The Kier molecular flexibility index (Phi) is 4.25. The maximum absolute atomic E-state index is 12.6. The van der Waals surface area contributed by atoms with Gasteiger partial charge in [-0.25, -0.2) is 0 Å². The average molecular weight is 298 g/mol. The van der Waals surface area contributed by atoms with Crippen molar-refractivity contribution in [2.75, 3.05) is 0 Å². The van der Waals surface area contributed by atoms with Crippen molar-refractivity contribution >= 4 is 17.1 Å².